The monoisotopic (exact) mass is 448 g/mol. The number of ether oxygens (including phenoxy) is 1. The number of carbonyl (C=O) groups is 2. The molecule has 0 fully saturated rings. The van der Waals surface area contributed by atoms with Crippen molar-refractivity contribution in [1.82, 2.24) is 4.72 Å². The van der Waals surface area contributed by atoms with E-state index in [1.165, 1.54) is 24.9 Å². The summed E-state index contributed by atoms with van der Waals surface area (Å²) < 4.78 is 31.0. The van der Waals surface area contributed by atoms with Crippen LogP contribution in [-0.4, -0.2) is 39.2 Å². The van der Waals surface area contributed by atoms with Crippen LogP contribution in [0.15, 0.2) is 66.1 Å². The average Bonchev–Trinajstić information content (AvgIpc) is 2.73. The van der Waals surface area contributed by atoms with Crippen molar-refractivity contribution < 1.29 is 22.7 Å². The lowest BCUT2D eigenvalue weighted by atomic mass is 10.2. The zero-order valence-electron chi connectivity index (χ0n) is 16.8. The Labute approximate surface area is 181 Å². The summed E-state index contributed by atoms with van der Waals surface area (Å²) in [5.41, 5.74) is 1.55. The van der Waals surface area contributed by atoms with Crippen LogP contribution in [-0.2, 0) is 25.3 Å². The highest BCUT2D eigenvalue weighted by atomic mass is 32.2. The molecule has 0 aliphatic carbocycles. The Morgan fingerprint density at radius 2 is 1.83 bits per heavy atom. The van der Waals surface area contributed by atoms with Gasteiger partial charge in [-0.3, -0.25) is 9.59 Å². The number of amides is 1. The van der Waals surface area contributed by atoms with Crippen LogP contribution < -0.4 is 10.0 Å². The van der Waals surface area contributed by atoms with E-state index < -0.39 is 15.3 Å². The Balaban J connectivity index is 2.08. The maximum atomic E-state index is 12.7. The van der Waals surface area contributed by atoms with Gasteiger partial charge in [-0.1, -0.05) is 30.3 Å². The van der Waals surface area contributed by atoms with Crippen LogP contribution in [0.5, 0.6) is 0 Å². The molecule has 0 heterocycles. The Hall–Kier alpha value is -2.62. The lowest BCUT2D eigenvalue weighted by Gasteiger charge is -2.13. The fourth-order valence-corrected chi connectivity index (χ4v) is 4.62. The first-order chi connectivity index (χ1) is 14.3. The molecular formula is C21H24N2O5S2. The SMILES string of the molecule is C=CCNS(=O)(=O)Cc1ccc(NC(=O)c2ccccc2SC(C)C(=O)OC)cc1. The Morgan fingerprint density at radius 3 is 2.47 bits per heavy atom. The first-order valence-electron chi connectivity index (χ1n) is 9.07. The molecule has 160 valence electrons. The highest BCUT2D eigenvalue weighted by Gasteiger charge is 2.19. The van der Waals surface area contributed by atoms with Gasteiger partial charge in [-0.25, -0.2) is 13.1 Å². The number of esters is 1. The molecule has 0 spiro atoms. The average molecular weight is 449 g/mol. The summed E-state index contributed by atoms with van der Waals surface area (Å²) in [6, 6.07) is 13.5. The molecule has 0 aromatic heterocycles. The van der Waals surface area contributed by atoms with Crippen LogP contribution in [0.4, 0.5) is 5.69 Å². The summed E-state index contributed by atoms with van der Waals surface area (Å²) in [6.07, 6.45) is 1.47. The second kappa shape index (κ2) is 11.0. The summed E-state index contributed by atoms with van der Waals surface area (Å²) in [5, 5.41) is 2.33. The molecule has 2 aromatic carbocycles. The second-order valence-corrected chi connectivity index (χ2v) is 9.52. The van der Waals surface area contributed by atoms with Gasteiger partial charge >= 0.3 is 5.97 Å². The number of rotatable bonds is 10. The third-order valence-corrected chi connectivity index (χ3v) is 6.46. The summed E-state index contributed by atoms with van der Waals surface area (Å²) in [4.78, 5) is 25.1. The van der Waals surface area contributed by atoms with Gasteiger partial charge in [0, 0.05) is 17.1 Å². The number of hydrogen-bond acceptors (Lipinski definition) is 6. The molecule has 0 saturated carbocycles. The molecular weight excluding hydrogens is 424 g/mol. The molecule has 1 unspecified atom stereocenters. The van der Waals surface area contributed by atoms with E-state index in [4.69, 9.17) is 4.74 Å². The summed E-state index contributed by atoms with van der Waals surface area (Å²) in [6.45, 7) is 5.36. The van der Waals surface area contributed by atoms with Crippen molar-refractivity contribution in [3.8, 4) is 0 Å². The number of nitrogens with one attached hydrogen (secondary N) is 2. The largest absolute Gasteiger partial charge is 0.468 e. The van der Waals surface area contributed by atoms with E-state index >= 15 is 0 Å². The predicted molar refractivity (Wildman–Crippen MR) is 119 cm³/mol. The van der Waals surface area contributed by atoms with Gasteiger partial charge in [0.05, 0.1) is 18.4 Å². The van der Waals surface area contributed by atoms with Crippen LogP contribution in [0.2, 0.25) is 0 Å². The van der Waals surface area contributed by atoms with Crippen molar-refractivity contribution in [1.29, 1.82) is 0 Å². The molecule has 0 radical (unpaired) electrons. The Bertz CT molecular complexity index is 1000. The fourth-order valence-electron chi connectivity index (χ4n) is 2.50. The first kappa shape index (κ1) is 23.7. The molecule has 7 nitrogen and oxygen atoms in total. The van der Waals surface area contributed by atoms with Gasteiger partial charge in [0.15, 0.2) is 0 Å². The van der Waals surface area contributed by atoms with Gasteiger partial charge < -0.3 is 10.1 Å². The highest BCUT2D eigenvalue weighted by Crippen LogP contribution is 2.28. The highest BCUT2D eigenvalue weighted by molar-refractivity contribution is 8.00. The van der Waals surface area contributed by atoms with Gasteiger partial charge in [-0.2, -0.15) is 0 Å². The summed E-state index contributed by atoms with van der Waals surface area (Å²) >= 11 is 1.24. The fraction of sp³-hybridized carbons (Fsp3) is 0.238. The van der Waals surface area contributed by atoms with Gasteiger partial charge in [0.2, 0.25) is 10.0 Å². The number of sulfonamides is 1. The van der Waals surface area contributed by atoms with Crippen LogP contribution in [0.3, 0.4) is 0 Å². The number of thioether (sulfide) groups is 1. The van der Waals surface area contributed by atoms with E-state index in [0.29, 0.717) is 21.7 Å². The van der Waals surface area contributed by atoms with E-state index in [1.807, 2.05) is 0 Å². The van der Waals surface area contributed by atoms with Crippen LogP contribution in [0.1, 0.15) is 22.8 Å². The molecule has 9 heteroatoms. The molecule has 0 bridgehead atoms. The molecule has 0 aliphatic heterocycles. The maximum Gasteiger partial charge on any atom is 0.318 e. The number of hydrogen-bond donors (Lipinski definition) is 2. The zero-order valence-corrected chi connectivity index (χ0v) is 18.4. The second-order valence-electron chi connectivity index (χ2n) is 6.33. The van der Waals surface area contributed by atoms with Gasteiger partial charge in [0.1, 0.15) is 5.25 Å². The van der Waals surface area contributed by atoms with Crippen molar-refractivity contribution in [2.24, 2.45) is 0 Å². The third kappa shape index (κ3) is 7.01. The number of benzene rings is 2. The molecule has 2 aromatic rings. The standard InChI is InChI=1S/C21H24N2O5S2/c1-4-13-22-30(26,27)14-16-9-11-17(12-10-16)23-20(24)18-7-5-6-8-19(18)29-15(2)21(25)28-3/h4-12,15,22H,1,13-14H2,2-3H3,(H,23,24). The number of carbonyl (C=O) groups excluding carboxylic acids is 2. The molecule has 1 atom stereocenters. The van der Waals surface area contributed by atoms with Crippen molar-refractivity contribution in [2.45, 2.75) is 22.8 Å². The summed E-state index contributed by atoms with van der Waals surface area (Å²) in [7, 11) is -2.13. The number of methoxy groups -OCH3 is 1. The van der Waals surface area contributed by atoms with Gasteiger partial charge in [0.25, 0.3) is 5.91 Å². The van der Waals surface area contributed by atoms with Gasteiger partial charge in [-0.05, 0) is 36.8 Å². The van der Waals surface area contributed by atoms with E-state index in [9.17, 15) is 18.0 Å². The minimum Gasteiger partial charge on any atom is -0.468 e. The van der Waals surface area contributed by atoms with E-state index in [-0.39, 0.29) is 24.2 Å². The normalized spacial score (nSPS) is 12.1. The van der Waals surface area contributed by atoms with Crippen molar-refractivity contribution in [2.75, 3.05) is 19.0 Å². The van der Waals surface area contributed by atoms with Crippen LogP contribution >= 0.6 is 11.8 Å². The van der Waals surface area contributed by atoms with Gasteiger partial charge in [-0.15, -0.1) is 18.3 Å². The van der Waals surface area contributed by atoms with Crippen molar-refractivity contribution >= 4 is 39.3 Å². The van der Waals surface area contributed by atoms with E-state index in [1.54, 1.807) is 55.5 Å². The number of anilines is 1. The Kier molecular flexibility index (Phi) is 8.64. The summed E-state index contributed by atoms with van der Waals surface area (Å²) in [5.74, 6) is -0.869. The first-order valence-corrected chi connectivity index (χ1v) is 11.6. The third-order valence-electron chi connectivity index (χ3n) is 3.98. The maximum absolute atomic E-state index is 12.7. The van der Waals surface area contributed by atoms with Crippen molar-refractivity contribution in [3.63, 3.8) is 0 Å². The minimum atomic E-state index is -3.45. The minimum absolute atomic E-state index is 0.167. The zero-order chi connectivity index (χ0) is 22.1. The van der Waals surface area contributed by atoms with E-state index in [2.05, 4.69) is 16.6 Å². The van der Waals surface area contributed by atoms with E-state index in [0.717, 1.165) is 0 Å². The quantitative estimate of drug-likeness (QED) is 0.329. The molecule has 2 rings (SSSR count). The smallest absolute Gasteiger partial charge is 0.318 e. The van der Waals surface area contributed by atoms with Crippen LogP contribution in [0, 0.1) is 0 Å². The molecule has 0 aliphatic rings. The Morgan fingerprint density at radius 1 is 1.17 bits per heavy atom. The lowest BCUT2D eigenvalue weighted by molar-refractivity contribution is -0.139. The topological polar surface area (TPSA) is 102 Å². The van der Waals surface area contributed by atoms with Crippen LogP contribution in [0.25, 0.3) is 0 Å². The molecule has 30 heavy (non-hydrogen) atoms. The lowest BCUT2D eigenvalue weighted by Crippen LogP contribution is -2.25. The predicted octanol–water partition coefficient (Wildman–Crippen LogP) is 3.20. The van der Waals surface area contributed by atoms with Crippen molar-refractivity contribution in [3.05, 3.63) is 72.3 Å². The molecule has 1 amide bonds. The molecule has 2 N–H and O–H groups in total. The molecule has 0 saturated heterocycles.